The zero-order valence-electron chi connectivity index (χ0n) is 14.4. The molecule has 0 bridgehead atoms. The van der Waals surface area contributed by atoms with Crippen LogP contribution in [0, 0.1) is 0 Å². The average molecular weight is 349 g/mol. The number of para-hydroxylation sites is 1. The van der Waals surface area contributed by atoms with Gasteiger partial charge in [-0.2, -0.15) is 0 Å². The Balaban J connectivity index is 1.45. The van der Waals surface area contributed by atoms with Crippen LogP contribution in [0.2, 0.25) is 0 Å². The molecule has 1 atom stereocenters. The molecular weight excluding hydrogens is 330 g/mol. The van der Waals surface area contributed by atoms with Crippen LogP contribution in [0.25, 0.3) is 10.9 Å². The maximum absolute atomic E-state index is 12.5. The minimum absolute atomic E-state index is 0.0419. The van der Waals surface area contributed by atoms with E-state index in [1.165, 1.54) is 16.5 Å². The van der Waals surface area contributed by atoms with Gasteiger partial charge in [0.25, 0.3) is 11.5 Å². The summed E-state index contributed by atoms with van der Waals surface area (Å²) in [7, 11) is 1.65. The van der Waals surface area contributed by atoms with E-state index in [1.54, 1.807) is 25.2 Å². The molecule has 6 nitrogen and oxygen atoms in total. The molecule has 0 aliphatic carbocycles. The van der Waals surface area contributed by atoms with Crippen LogP contribution < -0.4 is 15.6 Å². The molecule has 132 valence electrons. The van der Waals surface area contributed by atoms with E-state index in [0.717, 1.165) is 18.6 Å². The van der Waals surface area contributed by atoms with Gasteiger partial charge < -0.3 is 14.6 Å². The zero-order chi connectivity index (χ0) is 18.1. The van der Waals surface area contributed by atoms with Crippen LogP contribution in [0.5, 0.6) is 5.75 Å². The van der Waals surface area contributed by atoms with Crippen LogP contribution in [0.4, 0.5) is 0 Å². The van der Waals surface area contributed by atoms with Crippen molar-refractivity contribution in [3.63, 3.8) is 0 Å². The Morgan fingerprint density at radius 2 is 2.15 bits per heavy atom. The van der Waals surface area contributed by atoms with Gasteiger partial charge in [-0.25, -0.2) is 4.98 Å². The lowest BCUT2D eigenvalue weighted by atomic mass is 10.0. The van der Waals surface area contributed by atoms with Gasteiger partial charge in [-0.3, -0.25) is 9.59 Å². The van der Waals surface area contributed by atoms with Crippen molar-refractivity contribution < 1.29 is 9.53 Å². The molecule has 0 fully saturated rings. The summed E-state index contributed by atoms with van der Waals surface area (Å²) < 4.78 is 7.36. The summed E-state index contributed by atoms with van der Waals surface area (Å²) in [4.78, 5) is 28.7. The number of carbonyl (C=O) groups is 1. The Morgan fingerprint density at radius 3 is 3.04 bits per heavy atom. The van der Waals surface area contributed by atoms with Crippen molar-refractivity contribution in [1.82, 2.24) is 14.9 Å². The fraction of sp³-hybridized carbons (Fsp3) is 0.250. The number of hydrogen-bond acceptors (Lipinski definition) is 4. The summed E-state index contributed by atoms with van der Waals surface area (Å²) >= 11 is 0. The van der Waals surface area contributed by atoms with Crippen molar-refractivity contribution >= 4 is 16.8 Å². The van der Waals surface area contributed by atoms with Gasteiger partial charge in [0.05, 0.1) is 23.8 Å². The second kappa shape index (κ2) is 6.63. The first kappa shape index (κ1) is 16.3. The van der Waals surface area contributed by atoms with Gasteiger partial charge >= 0.3 is 0 Å². The van der Waals surface area contributed by atoms with E-state index in [-0.39, 0.29) is 17.6 Å². The number of rotatable bonds is 3. The molecule has 4 rings (SSSR count). The Morgan fingerprint density at radius 1 is 1.31 bits per heavy atom. The second-order valence-corrected chi connectivity index (χ2v) is 6.49. The predicted octanol–water partition coefficient (Wildman–Crippen LogP) is 2.06. The SMILES string of the molecule is Cn1cnc2cc(C(=O)NC[C@H]3CCc4ccccc4O3)ccc2c1=O. The summed E-state index contributed by atoms with van der Waals surface area (Å²) in [5, 5.41) is 3.41. The summed E-state index contributed by atoms with van der Waals surface area (Å²) in [6.45, 7) is 0.440. The molecule has 0 unspecified atom stereocenters. The van der Waals surface area contributed by atoms with Crippen molar-refractivity contribution in [2.24, 2.45) is 7.05 Å². The number of fused-ring (bicyclic) bond motifs is 2. The van der Waals surface area contributed by atoms with Gasteiger partial charge in [0.2, 0.25) is 0 Å². The van der Waals surface area contributed by atoms with E-state index < -0.39 is 0 Å². The van der Waals surface area contributed by atoms with Gasteiger partial charge in [0.1, 0.15) is 11.9 Å². The molecule has 2 heterocycles. The molecule has 1 aromatic heterocycles. The molecule has 2 aromatic carbocycles. The minimum Gasteiger partial charge on any atom is -0.488 e. The lowest BCUT2D eigenvalue weighted by molar-refractivity contribution is 0.0918. The van der Waals surface area contributed by atoms with E-state index >= 15 is 0 Å². The first-order valence-electron chi connectivity index (χ1n) is 8.60. The molecule has 0 saturated heterocycles. The largest absolute Gasteiger partial charge is 0.488 e. The van der Waals surface area contributed by atoms with Crippen molar-refractivity contribution in [1.29, 1.82) is 0 Å². The minimum atomic E-state index is -0.197. The highest BCUT2D eigenvalue weighted by molar-refractivity contribution is 5.97. The van der Waals surface area contributed by atoms with Crippen molar-refractivity contribution in [2.75, 3.05) is 6.54 Å². The third kappa shape index (κ3) is 3.06. The van der Waals surface area contributed by atoms with Crippen molar-refractivity contribution in [3.05, 3.63) is 70.3 Å². The second-order valence-electron chi connectivity index (χ2n) is 6.49. The summed E-state index contributed by atoms with van der Waals surface area (Å²) in [6, 6.07) is 12.9. The van der Waals surface area contributed by atoms with E-state index in [4.69, 9.17) is 4.74 Å². The van der Waals surface area contributed by atoms with E-state index in [9.17, 15) is 9.59 Å². The van der Waals surface area contributed by atoms with Gasteiger partial charge in [-0.1, -0.05) is 18.2 Å². The molecule has 3 aromatic rings. The lowest BCUT2D eigenvalue weighted by Crippen LogP contribution is -2.37. The topological polar surface area (TPSA) is 73.2 Å². The molecule has 0 spiro atoms. The van der Waals surface area contributed by atoms with Crippen LogP contribution >= 0.6 is 0 Å². The smallest absolute Gasteiger partial charge is 0.260 e. The van der Waals surface area contributed by atoms with E-state index in [1.807, 2.05) is 18.2 Å². The highest BCUT2D eigenvalue weighted by Gasteiger charge is 2.20. The van der Waals surface area contributed by atoms with Crippen LogP contribution in [0.1, 0.15) is 22.3 Å². The Labute approximate surface area is 150 Å². The number of nitrogens with zero attached hydrogens (tertiary/aromatic N) is 2. The molecule has 1 amide bonds. The van der Waals surface area contributed by atoms with Gasteiger partial charge in [0.15, 0.2) is 0 Å². The summed E-state index contributed by atoms with van der Waals surface area (Å²) in [5.41, 5.74) is 2.08. The third-order valence-corrected chi connectivity index (χ3v) is 4.67. The quantitative estimate of drug-likeness (QED) is 0.785. The van der Waals surface area contributed by atoms with Crippen LogP contribution in [-0.2, 0) is 13.5 Å². The fourth-order valence-corrected chi connectivity index (χ4v) is 3.18. The number of benzene rings is 2. The van der Waals surface area contributed by atoms with Crippen LogP contribution in [-0.4, -0.2) is 28.1 Å². The number of ether oxygens (including phenoxy) is 1. The van der Waals surface area contributed by atoms with Crippen molar-refractivity contribution in [3.8, 4) is 5.75 Å². The average Bonchev–Trinajstić information content (AvgIpc) is 2.68. The number of carbonyl (C=O) groups excluding carboxylic acids is 1. The van der Waals surface area contributed by atoms with Crippen LogP contribution in [0.3, 0.4) is 0 Å². The Bertz CT molecular complexity index is 1040. The highest BCUT2D eigenvalue weighted by Crippen LogP contribution is 2.26. The number of aromatic nitrogens is 2. The molecule has 1 aliphatic heterocycles. The van der Waals surface area contributed by atoms with E-state index in [2.05, 4.69) is 16.4 Å². The van der Waals surface area contributed by atoms with Crippen LogP contribution in [0.15, 0.2) is 53.6 Å². The maximum Gasteiger partial charge on any atom is 0.260 e. The number of amides is 1. The fourth-order valence-electron chi connectivity index (χ4n) is 3.18. The normalized spacial score (nSPS) is 16.0. The van der Waals surface area contributed by atoms with Gasteiger partial charge in [-0.05, 0) is 42.7 Å². The zero-order valence-corrected chi connectivity index (χ0v) is 14.4. The molecule has 26 heavy (non-hydrogen) atoms. The highest BCUT2D eigenvalue weighted by atomic mass is 16.5. The third-order valence-electron chi connectivity index (χ3n) is 4.67. The van der Waals surface area contributed by atoms with Gasteiger partial charge in [-0.15, -0.1) is 0 Å². The first-order valence-corrected chi connectivity index (χ1v) is 8.60. The van der Waals surface area contributed by atoms with Crippen molar-refractivity contribution in [2.45, 2.75) is 18.9 Å². The maximum atomic E-state index is 12.5. The predicted molar refractivity (Wildman–Crippen MR) is 98.5 cm³/mol. The lowest BCUT2D eigenvalue weighted by Gasteiger charge is -2.26. The molecule has 1 N–H and O–H groups in total. The van der Waals surface area contributed by atoms with E-state index in [0.29, 0.717) is 23.0 Å². The number of nitrogens with one attached hydrogen (secondary N) is 1. The Kier molecular flexibility index (Phi) is 4.16. The summed E-state index contributed by atoms with van der Waals surface area (Å²) in [5.74, 6) is 0.695. The number of hydrogen-bond donors (Lipinski definition) is 1. The molecule has 1 aliphatic rings. The molecule has 0 saturated carbocycles. The first-order chi connectivity index (χ1) is 12.6. The van der Waals surface area contributed by atoms with Gasteiger partial charge in [0, 0.05) is 12.6 Å². The Hall–Kier alpha value is -3.15. The summed E-state index contributed by atoms with van der Waals surface area (Å²) in [6.07, 6.45) is 3.23. The molecular formula is C20H19N3O3. The monoisotopic (exact) mass is 349 g/mol. The number of aryl methyl sites for hydroxylation is 2. The molecule has 6 heteroatoms. The molecule has 0 radical (unpaired) electrons. The standard InChI is InChI=1S/C20H19N3O3/c1-23-12-22-17-10-14(7-9-16(17)20(23)25)19(24)21-11-15-8-6-13-4-2-3-5-18(13)26-15/h2-5,7,9-10,12,15H,6,8,11H2,1H3,(H,21,24)/t15-/m1/s1.